The molecule has 0 saturated heterocycles. The van der Waals surface area contributed by atoms with Gasteiger partial charge in [0, 0.05) is 24.1 Å². The lowest BCUT2D eigenvalue weighted by Crippen LogP contribution is -2.03. The molecule has 0 unspecified atom stereocenters. The molecule has 0 aliphatic carbocycles. The van der Waals surface area contributed by atoms with Crippen LogP contribution in [0.2, 0.25) is 0 Å². The van der Waals surface area contributed by atoms with Crippen molar-refractivity contribution in [2.24, 2.45) is 0 Å². The normalized spacial score (nSPS) is 10.3. The van der Waals surface area contributed by atoms with Gasteiger partial charge < -0.3 is 10.1 Å². The predicted molar refractivity (Wildman–Crippen MR) is 79.2 cm³/mol. The van der Waals surface area contributed by atoms with Gasteiger partial charge >= 0.3 is 0 Å². The van der Waals surface area contributed by atoms with Crippen LogP contribution in [-0.2, 0) is 6.61 Å². The third kappa shape index (κ3) is 3.23. The second-order valence-corrected chi connectivity index (χ2v) is 5.26. The Bertz CT molecular complexity index is 619. The first kappa shape index (κ1) is 14.7. The summed E-state index contributed by atoms with van der Waals surface area (Å²) in [5.74, 6) is 0.398. The van der Waals surface area contributed by atoms with Gasteiger partial charge in [-0.05, 0) is 28.9 Å². The first-order valence-corrected chi connectivity index (χ1v) is 7.31. The lowest BCUT2D eigenvalue weighted by molar-refractivity contribution is -0.385. The van der Waals surface area contributed by atoms with E-state index in [2.05, 4.69) is 30.8 Å². The van der Waals surface area contributed by atoms with Crippen LogP contribution in [0.25, 0.3) is 0 Å². The quantitative estimate of drug-likeness (QED) is 0.629. The molecule has 0 aliphatic heterocycles. The van der Waals surface area contributed by atoms with E-state index in [1.807, 2.05) is 6.92 Å². The molecule has 2 aromatic rings. The van der Waals surface area contributed by atoms with Gasteiger partial charge in [0.25, 0.3) is 5.69 Å². The molecule has 0 aliphatic rings. The fourth-order valence-corrected chi connectivity index (χ4v) is 2.65. The highest BCUT2D eigenvalue weighted by Gasteiger charge is 2.16. The second kappa shape index (κ2) is 6.62. The molecule has 0 radical (unpaired) electrons. The number of hydrogen-bond acceptors (Lipinski definition) is 7. The molecule has 7 nitrogen and oxygen atoms in total. The fraction of sp³-hybridized carbons (Fsp3) is 0.273. The van der Waals surface area contributed by atoms with Crippen LogP contribution >= 0.6 is 27.5 Å². The number of nitrogens with zero attached hydrogens (tertiary/aromatic N) is 3. The van der Waals surface area contributed by atoms with E-state index in [0.717, 1.165) is 11.5 Å². The number of nitro benzene ring substituents is 1. The molecule has 20 heavy (non-hydrogen) atoms. The average Bonchev–Trinajstić information content (AvgIpc) is 2.85. The van der Waals surface area contributed by atoms with Crippen molar-refractivity contribution in [3.63, 3.8) is 0 Å². The fourth-order valence-electron chi connectivity index (χ4n) is 1.50. The lowest BCUT2D eigenvalue weighted by atomic mass is 10.3. The summed E-state index contributed by atoms with van der Waals surface area (Å²) in [5, 5.41) is 18.8. The minimum absolute atomic E-state index is 0.0363. The zero-order valence-electron chi connectivity index (χ0n) is 10.5. The van der Waals surface area contributed by atoms with Crippen LogP contribution in [0.3, 0.4) is 0 Å². The molecule has 106 valence electrons. The summed E-state index contributed by atoms with van der Waals surface area (Å²) in [6, 6.07) is 4.64. The molecule has 0 amide bonds. The van der Waals surface area contributed by atoms with Crippen LogP contribution in [-0.4, -0.2) is 21.1 Å². The molecular formula is C11H11BrN4O3S. The maximum absolute atomic E-state index is 10.8. The molecule has 0 spiro atoms. The predicted octanol–water partition coefficient (Wildman–Crippen LogP) is 3.22. The van der Waals surface area contributed by atoms with Crippen molar-refractivity contribution in [3.8, 4) is 5.75 Å². The number of hydrogen-bond donors (Lipinski definition) is 1. The molecule has 0 fully saturated rings. The molecule has 1 heterocycles. The minimum Gasteiger partial charge on any atom is -0.486 e. The van der Waals surface area contributed by atoms with Crippen molar-refractivity contribution < 1.29 is 9.66 Å². The first-order valence-electron chi connectivity index (χ1n) is 5.74. The van der Waals surface area contributed by atoms with Gasteiger partial charge in [-0.25, -0.2) is 0 Å². The van der Waals surface area contributed by atoms with Crippen LogP contribution in [0.15, 0.2) is 22.7 Å². The topological polar surface area (TPSA) is 90.2 Å². The Morgan fingerprint density at radius 2 is 2.35 bits per heavy atom. The molecular weight excluding hydrogens is 348 g/mol. The van der Waals surface area contributed by atoms with Crippen LogP contribution in [0.1, 0.15) is 12.6 Å². The number of ether oxygens (including phenoxy) is 1. The van der Waals surface area contributed by atoms with Gasteiger partial charge in [0.05, 0.1) is 4.92 Å². The van der Waals surface area contributed by atoms with E-state index < -0.39 is 4.92 Å². The largest absolute Gasteiger partial charge is 0.486 e. The molecule has 0 saturated carbocycles. The number of nitro groups is 1. The molecule has 0 bridgehead atoms. The Labute approximate surface area is 127 Å². The van der Waals surface area contributed by atoms with E-state index in [-0.39, 0.29) is 12.3 Å². The molecule has 0 atom stereocenters. The van der Waals surface area contributed by atoms with Crippen molar-refractivity contribution in [2.45, 2.75) is 13.5 Å². The van der Waals surface area contributed by atoms with Gasteiger partial charge in [-0.2, -0.15) is 0 Å². The zero-order valence-corrected chi connectivity index (χ0v) is 12.9. The Morgan fingerprint density at radius 3 is 3.05 bits per heavy atom. The number of nitrogens with one attached hydrogen (secondary N) is 1. The Hall–Kier alpha value is -1.74. The van der Waals surface area contributed by atoms with Gasteiger partial charge in [0.15, 0.2) is 0 Å². The summed E-state index contributed by atoms with van der Waals surface area (Å²) in [4.78, 5) is 10.4. The van der Waals surface area contributed by atoms with E-state index in [1.165, 1.54) is 17.6 Å². The number of halogens is 1. The van der Waals surface area contributed by atoms with Crippen molar-refractivity contribution in [1.29, 1.82) is 0 Å². The summed E-state index contributed by atoms with van der Waals surface area (Å²) < 4.78 is 9.74. The van der Waals surface area contributed by atoms with Crippen molar-refractivity contribution in [2.75, 3.05) is 11.9 Å². The highest BCUT2D eigenvalue weighted by molar-refractivity contribution is 9.10. The highest BCUT2D eigenvalue weighted by Crippen LogP contribution is 2.34. The molecule has 1 aromatic heterocycles. The Balaban J connectivity index is 2.13. The van der Waals surface area contributed by atoms with E-state index >= 15 is 0 Å². The standard InChI is InChI=1S/C11H11BrN4O3S/c1-2-13-11-7(14-15-20-11)6-19-9-5-3-4-8(10(9)12)16(17)18/h3-5,13H,2,6H2,1H3. The van der Waals surface area contributed by atoms with E-state index in [0.29, 0.717) is 15.9 Å². The van der Waals surface area contributed by atoms with Gasteiger partial charge in [-0.1, -0.05) is 10.6 Å². The number of rotatable bonds is 6. The summed E-state index contributed by atoms with van der Waals surface area (Å²) >= 11 is 4.43. The summed E-state index contributed by atoms with van der Waals surface area (Å²) in [5.41, 5.74) is 0.640. The number of benzene rings is 1. The second-order valence-electron chi connectivity index (χ2n) is 3.71. The monoisotopic (exact) mass is 358 g/mol. The average molecular weight is 359 g/mol. The van der Waals surface area contributed by atoms with Crippen molar-refractivity contribution >= 4 is 38.2 Å². The van der Waals surface area contributed by atoms with Crippen molar-refractivity contribution in [3.05, 3.63) is 38.5 Å². The summed E-state index contributed by atoms with van der Waals surface area (Å²) in [7, 11) is 0. The lowest BCUT2D eigenvalue weighted by Gasteiger charge is -2.07. The minimum atomic E-state index is -0.467. The van der Waals surface area contributed by atoms with E-state index in [4.69, 9.17) is 4.74 Å². The van der Waals surface area contributed by atoms with Gasteiger partial charge in [0.1, 0.15) is 27.5 Å². The van der Waals surface area contributed by atoms with Gasteiger partial charge in [-0.15, -0.1) is 5.10 Å². The Morgan fingerprint density at radius 1 is 1.55 bits per heavy atom. The maximum atomic E-state index is 10.8. The smallest absolute Gasteiger partial charge is 0.287 e. The highest BCUT2D eigenvalue weighted by atomic mass is 79.9. The first-order chi connectivity index (χ1) is 9.63. The zero-order chi connectivity index (χ0) is 14.5. The van der Waals surface area contributed by atoms with Gasteiger partial charge in [-0.3, -0.25) is 10.1 Å². The van der Waals surface area contributed by atoms with E-state index in [1.54, 1.807) is 12.1 Å². The number of aromatic nitrogens is 2. The van der Waals surface area contributed by atoms with Crippen LogP contribution in [0.5, 0.6) is 5.75 Å². The molecule has 9 heteroatoms. The molecule has 1 N–H and O–H groups in total. The molecule has 1 aromatic carbocycles. The van der Waals surface area contributed by atoms with Gasteiger partial charge in [0.2, 0.25) is 0 Å². The SMILES string of the molecule is CCNc1snnc1COc1cccc([N+](=O)[O-])c1Br. The van der Waals surface area contributed by atoms with Crippen LogP contribution < -0.4 is 10.1 Å². The third-order valence-corrected chi connectivity index (χ3v) is 3.92. The van der Waals surface area contributed by atoms with Crippen LogP contribution in [0, 0.1) is 10.1 Å². The van der Waals surface area contributed by atoms with Crippen molar-refractivity contribution in [1.82, 2.24) is 9.59 Å². The Kier molecular flexibility index (Phi) is 4.85. The third-order valence-electron chi connectivity index (χ3n) is 2.40. The van der Waals surface area contributed by atoms with Crippen LogP contribution in [0.4, 0.5) is 10.7 Å². The van der Waals surface area contributed by atoms with E-state index in [9.17, 15) is 10.1 Å². The maximum Gasteiger partial charge on any atom is 0.287 e. The molecule has 2 rings (SSSR count). The summed E-state index contributed by atoms with van der Waals surface area (Å²) in [6.07, 6.45) is 0. The number of anilines is 1. The summed E-state index contributed by atoms with van der Waals surface area (Å²) in [6.45, 7) is 2.93.